The van der Waals surface area contributed by atoms with Crippen LogP contribution in [0.4, 0.5) is 45.5 Å². The fourth-order valence-corrected chi connectivity index (χ4v) is 2.85. The maximum Gasteiger partial charge on any atom is 0.123 e. The Kier molecular flexibility index (Phi) is 33.2. The summed E-state index contributed by atoms with van der Waals surface area (Å²) in [7, 11) is 0. The lowest BCUT2D eigenvalue weighted by Gasteiger charge is -1.85. The molecule has 0 saturated heterocycles. The number of halogens is 10. The molecule has 0 unspecified atom stereocenters. The second-order valence-electron chi connectivity index (χ2n) is 7.27. The van der Waals surface area contributed by atoms with E-state index in [0.29, 0.717) is 24.5 Å². The van der Waals surface area contributed by atoms with Gasteiger partial charge in [-0.15, -0.1) is 0 Å². The molecule has 0 bridgehead atoms. The predicted octanol–water partition coefficient (Wildman–Crippen LogP) is 12.7. The molecule has 0 heterocycles. The SMILES string of the molecule is F.F.F.F.F.Fc1ccc([S])cc1.Fc1ccc([S])cc1.Fc1ccc([S])cc1.Fc1ccc([S])cc1.Fc1ccc([S])cc1. The Bertz CT molecular complexity index is 1000. The average Bonchev–Trinajstić information content (AvgIpc) is 2.94. The monoisotopic (exact) mass is 735 g/mol. The Morgan fingerprint density at radius 2 is 0.311 bits per heavy atom. The van der Waals surface area contributed by atoms with E-state index in [0.717, 1.165) is 0 Å². The van der Waals surface area contributed by atoms with E-state index in [9.17, 15) is 22.0 Å². The molecule has 0 amide bonds. The molecule has 5 aromatic carbocycles. The van der Waals surface area contributed by atoms with Crippen molar-refractivity contribution in [2.75, 3.05) is 0 Å². The predicted molar refractivity (Wildman–Crippen MR) is 174 cm³/mol. The maximum atomic E-state index is 12.0. The third kappa shape index (κ3) is 27.8. The first kappa shape index (κ1) is 51.1. The van der Waals surface area contributed by atoms with Crippen LogP contribution in [0.15, 0.2) is 146 Å². The molecule has 45 heavy (non-hydrogen) atoms. The third-order valence-corrected chi connectivity index (χ3v) is 5.43. The normalized spacial score (nSPS) is 8.11. The first-order valence-electron chi connectivity index (χ1n) is 11.1. The fourth-order valence-electron chi connectivity index (χ4n) is 2.17. The van der Waals surface area contributed by atoms with Crippen molar-refractivity contribution >= 4 is 63.1 Å². The molecule has 15 heteroatoms. The van der Waals surface area contributed by atoms with Gasteiger partial charge in [-0.1, -0.05) is 63.1 Å². The maximum absolute atomic E-state index is 12.0. The minimum Gasteiger partial charge on any atom is -0.269 e. The molecule has 5 aromatic rings. The smallest absolute Gasteiger partial charge is 0.123 e. The van der Waals surface area contributed by atoms with E-state index in [4.69, 9.17) is 63.1 Å². The standard InChI is InChI=1S/5C6H4FS.5FH/c5*7-5-1-3-6(8)4-2-5;;;;;/h5*1-4H;5*1H. The van der Waals surface area contributed by atoms with Gasteiger partial charge in [0, 0.05) is 24.5 Å². The molecule has 0 fully saturated rings. The number of hydrogen-bond acceptors (Lipinski definition) is 0. The summed E-state index contributed by atoms with van der Waals surface area (Å²) in [5.41, 5.74) is 0. The number of hydrogen-bond donors (Lipinski definition) is 0. The molecule has 0 aliphatic carbocycles. The Morgan fingerprint density at radius 1 is 0.222 bits per heavy atom. The van der Waals surface area contributed by atoms with Gasteiger partial charge in [-0.2, -0.15) is 0 Å². The van der Waals surface area contributed by atoms with Gasteiger partial charge >= 0.3 is 0 Å². The second-order valence-corrected chi connectivity index (χ2v) is 9.63. The van der Waals surface area contributed by atoms with Gasteiger partial charge in [0.25, 0.3) is 0 Å². The van der Waals surface area contributed by atoms with Gasteiger partial charge in [0.15, 0.2) is 0 Å². The van der Waals surface area contributed by atoms with Crippen LogP contribution in [0.3, 0.4) is 0 Å². The van der Waals surface area contributed by atoms with Crippen LogP contribution in [0.2, 0.25) is 0 Å². The van der Waals surface area contributed by atoms with Gasteiger partial charge < -0.3 is 0 Å². The van der Waals surface area contributed by atoms with Crippen LogP contribution in [0.1, 0.15) is 0 Å². The van der Waals surface area contributed by atoms with Crippen molar-refractivity contribution in [1.82, 2.24) is 0 Å². The quantitative estimate of drug-likeness (QED) is 0.139. The van der Waals surface area contributed by atoms with Gasteiger partial charge in [0.1, 0.15) is 29.1 Å². The summed E-state index contributed by atoms with van der Waals surface area (Å²) in [5.74, 6) is -1.19. The fraction of sp³-hybridized carbons (Fsp3) is 0. The van der Waals surface area contributed by atoms with Crippen molar-refractivity contribution in [2.45, 2.75) is 24.5 Å². The topological polar surface area (TPSA) is 0 Å². The van der Waals surface area contributed by atoms with Crippen LogP contribution in [0.5, 0.6) is 0 Å². The molecule has 0 aliphatic rings. The molecule has 0 atom stereocenters. The molecular weight excluding hydrogens is 711 g/mol. The molecule has 0 N–H and O–H groups in total. The summed E-state index contributed by atoms with van der Waals surface area (Å²) >= 11 is 23.5. The lowest BCUT2D eigenvalue weighted by molar-refractivity contribution is 0.626. The zero-order valence-corrected chi connectivity index (χ0v) is 26.6. The first-order chi connectivity index (χ1) is 18.9. The summed E-state index contributed by atoms with van der Waals surface area (Å²) in [4.78, 5) is 3.36. The molecule has 0 nitrogen and oxygen atoms in total. The van der Waals surface area contributed by atoms with Crippen LogP contribution in [-0.2, 0) is 0 Å². The Balaban J connectivity index is -0.000000144. The largest absolute Gasteiger partial charge is 0.269 e. The molecule has 245 valence electrons. The van der Waals surface area contributed by atoms with Crippen LogP contribution < -0.4 is 0 Å². The lowest BCUT2D eigenvalue weighted by atomic mass is 10.4. The number of benzene rings is 5. The number of rotatable bonds is 0. The first-order valence-corrected chi connectivity index (χ1v) is 13.1. The van der Waals surface area contributed by atoms with E-state index < -0.39 is 0 Å². The van der Waals surface area contributed by atoms with Crippen molar-refractivity contribution in [3.63, 3.8) is 0 Å². The minimum atomic E-state index is -0.237. The second kappa shape index (κ2) is 29.2. The van der Waals surface area contributed by atoms with Crippen LogP contribution >= 0.6 is 63.1 Å². The van der Waals surface area contributed by atoms with Crippen molar-refractivity contribution in [3.05, 3.63) is 150 Å². The van der Waals surface area contributed by atoms with E-state index >= 15 is 0 Å². The van der Waals surface area contributed by atoms with Crippen molar-refractivity contribution < 1.29 is 45.5 Å². The van der Waals surface area contributed by atoms with Crippen LogP contribution in [0.25, 0.3) is 0 Å². The van der Waals surface area contributed by atoms with Gasteiger partial charge in [0.2, 0.25) is 0 Å². The summed E-state index contributed by atoms with van der Waals surface area (Å²) in [6, 6.07) is 29.1. The minimum absolute atomic E-state index is 0. The summed E-state index contributed by atoms with van der Waals surface area (Å²) in [6.07, 6.45) is 0. The summed E-state index contributed by atoms with van der Waals surface area (Å²) in [6.45, 7) is 0. The highest BCUT2D eigenvalue weighted by Crippen LogP contribution is 2.08. The van der Waals surface area contributed by atoms with E-state index in [2.05, 4.69) is 0 Å². The van der Waals surface area contributed by atoms with Crippen LogP contribution in [-0.4, -0.2) is 0 Å². The van der Waals surface area contributed by atoms with E-state index in [1.807, 2.05) is 0 Å². The molecule has 5 radical (unpaired) electrons. The highest BCUT2D eigenvalue weighted by atomic mass is 32.1. The molecule has 5 rings (SSSR count). The lowest BCUT2D eigenvalue weighted by Crippen LogP contribution is -1.68. The Morgan fingerprint density at radius 3 is 0.378 bits per heavy atom. The molecule has 0 saturated carbocycles. The van der Waals surface area contributed by atoms with E-state index in [-0.39, 0.29) is 52.6 Å². The zero-order chi connectivity index (χ0) is 29.9. The highest BCUT2D eigenvalue weighted by molar-refractivity contribution is 7.81. The summed E-state index contributed by atoms with van der Waals surface area (Å²) < 4.78 is 60.2. The van der Waals surface area contributed by atoms with Gasteiger partial charge in [-0.3, -0.25) is 23.5 Å². The van der Waals surface area contributed by atoms with E-state index in [1.54, 1.807) is 60.7 Å². The molecular formula is C30H25F10S5. The van der Waals surface area contributed by atoms with Crippen molar-refractivity contribution in [2.24, 2.45) is 0 Å². The van der Waals surface area contributed by atoms with Gasteiger partial charge in [-0.25, -0.2) is 22.0 Å². The van der Waals surface area contributed by atoms with Crippen molar-refractivity contribution in [3.8, 4) is 0 Å². The molecule has 0 aromatic heterocycles. The average molecular weight is 736 g/mol. The third-order valence-electron chi connectivity index (χ3n) is 4.07. The van der Waals surface area contributed by atoms with E-state index in [1.165, 1.54) is 60.7 Å². The van der Waals surface area contributed by atoms with Crippen LogP contribution in [0, 0.1) is 29.1 Å². The Hall–Kier alpha value is -3.50. The zero-order valence-electron chi connectivity index (χ0n) is 22.5. The molecule has 0 spiro atoms. The highest BCUT2D eigenvalue weighted by Gasteiger charge is 1.88. The summed E-state index contributed by atoms with van der Waals surface area (Å²) in [5, 5.41) is 0. The van der Waals surface area contributed by atoms with Gasteiger partial charge in [-0.05, 0) is 121 Å². The molecule has 0 aliphatic heterocycles. The Labute approximate surface area is 282 Å². The van der Waals surface area contributed by atoms with Gasteiger partial charge in [0.05, 0.1) is 0 Å². The van der Waals surface area contributed by atoms with Crippen molar-refractivity contribution in [1.29, 1.82) is 0 Å².